The summed E-state index contributed by atoms with van der Waals surface area (Å²) in [5.41, 5.74) is 0.841. The minimum Gasteiger partial charge on any atom is -0.508 e. The van der Waals surface area contributed by atoms with E-state index in [9.17, 15) is 9.90 Å². The third-order valence-corrected chi connectivity index (χ3v) is 4.26. The van der Waals surface area contributed by atoms with Crippen LogP contribution in [0.25, 0.3) is 0 Å². The van der Waals surface area contributed by atoms with Gasteiger partial charge in [0.05, 0.1) is 0 Å². The molecule has 108 valence electrons. The van der Waals surface area contributed by atoms with Gasteiger partial charge in [-0.2, -0.15) is 0 Å². The average molecular weight is 274 g/mol. The van der Waals surface area contributed by atoms with E-state index in [1.807, 2.05) is 12.1 Å². The van der Waals surface area contributed by atoms with Gasteiger partial charge < -0.3 is 10.4 Å². The molecule has 1 saturated carbocycles. The molecule has 0 aromatic heterocycles. The van der Waals surface area contributed by atoms with E-state index in [0.29, 0.717) is 18.9 Å². The molecule has 2 N–H and O–H groups in total. The lowest BCUT2D eigenvalue weighted by atomic mass is 10.1. The van der Waals surface area contributed by atoms with Gasteiger partial charge in [0, 0.05) is 31.6 Å². The predicted octanol–water partition coefficient (Wildman–Crippen LogP) is 1.68. The lowest BCUT2D eigenvalue weighted by Gasteiger charge is -2.15. The van der Waals surface area contributed by atoms with Gasteiger partial charge in [0.25, 0.3) is 0 Å². The Balaban J connectivity index is 1.42. The van der Waals surface area contributed by atoms with Crippen LogP contribution in [0.3, 0.4) is 0 Å². The van der Waals surface area contributed by atoms with Crippen LogP contribution >= 0.6 is 0 Å². The number of phenols is 1. The maximum absolute atomic E-state index is 12.0. The minimum atomic E-state index is 0.0934. The summed E-state index contributed by atoms with van der Waals surface area (Å²) in [6.45, 7) is 2.13. The first-order chi connectivity index (χ1) is 9.72. The molecule has 4 heteroatoms. The number of phenolic OH excluding ortho intramolecular Hbond substituents is 1. The first-order valence-electron chi connectivity index (χ1n) is 7.52. The number of para-hydroxylation sites is 1. The average Bonchev–Trinajstić information content (AvgIpc) is 3.19. The van der Waals surface area contributed by atoms with Crippen molar-refractivity contribution in [2.24, 2.45) is 0 Å². The normalized spacial score (nSPS) is 22.9. The van der Waals surface area contributed by atoms with Crippen LogP contribution in [0.5, 0.6) is 5.75 Å². The largest absolute Gasteiger partial charge is 0.508 e. The van der Waals surface area contributed by atoms with Crippen molar-refractivity contribution < 1.29 is 9.90 Å². The summed E-state index contributed by atoms with van der Waals surface area (Å²) in [6.07, 6.45) is 4.76. The predicted molar refractivity (Wildman–Crippen MR) is 77.6 cm³/mol. The molecule has 0 spiro atoms. The van der Waals surface area contributed by atoms with E-state index in [4.69, 9.17) is 0 Å². The second kappa shape index (κ2) is 5.83. The van der Waals surface area contributed by atoms with Gasteiger partial charge in [0.15, 0.2) is 0 Å². The molecule has 1 atom stereocenters. The third kappa shape index (κ3) is 3.31. The lowest BCUT2D eigenvalue weighted by Crippen LogP contribution is -2.37. The molecular weight excluding hydrogens is 252 g/mol. The van der Waals surface area contributed by atoms with Gasteiger partial charge in [0.2, 0.25) is 5.91 Å². The van der Waals surface area contributed by atoms with Gasteiger partial charge in [-0.3, -0.25) is 9.69 Å². The molecule has 2 aliphatic rings. The molecular formula is C16H22N2O2. The number of benzene rings is 1. The smallest absolute Gasteiger partial charge is 0.220 e. The van der Waals surface area contributed by atoms with Crippen molar-refractivity contribution in [1.29, 1.82) is 0 Å². The van der Waals surface area contributed by atoms with Gasteiger partial charge in [-0.25, -0.2) is 0 Å². The molecule has 20 heavy (non-hydrogen) atoms. The number of nitrogens with zero attached hydrogens (tertiary/aromatic N) is 1. The highest BCUT2D eigenvalue weighted by molar-refractivity contribution is 5.76. The van der Waals surface area contributed by atoms with Gasteiger partial charge in [-0.05, 0) is 37.3 Å². The number of carbonyl (C=O) groups excluding carboxylic acids is 1. The molecule has 1 aromatic rings. The molecule has 1 aromatic carbocycles. The molecule has 1 aliphatic carbocycles. The Morgan fingerprint density at radius 1 is 1.30 bits per heavy atom. The van der Waals surface area contributed by atoms with Gasteiger partial charge in [-0.1, -0.05) is 18.2 Å². The van der Waals surface area contributed by atoms with E-state index in [0.717, 1.165) is 31.1 Å². The molecule has 1 saturated heterocycles. The first-order valence-corrected chi connectivity index (χ1v) is 7.52. The Morgan fingerprint density at radius 2 is 2.10 bits per heavy atom. The Bertz CT molecular complexity index is 485. The number of aryl methyl sites for hydroxylation is 1. The maximum Gasteiger partial charge on any atom is 0.220 e. The zero-order valence-electron chi connectivity index (χ0n) is 11.7. The fourth-order valence-corrected chi connectivity index (χ4v) is 2.95. The second-order valence-electron chi connectivity index (χ2n) is 5.91. The van der Waals surface area contributed by atoms with Crippen LogP contribution in [0.4, 0.5) is 0 Å². The van der Waals surface area contributed by atoms with Crippen molar-refractivity contribution in [2.75, 3.05) is 13.1 Å². The standard InChI is InChI=1S/C16H22N2O2/c19-15-4-2-1-3-12(15)5-8-16(20)17-13-9-10-18(11-13)14-6-7-14/h1-4,13-14,19H,5-11H2,(H,17,20)/t13-/m1/s1. The molecule has 4 nitrogen and oxygen atoms in total. The Kier molecular flexibility index (Phi) is 3.92. The van der Waals surface area contributed by atoms with Crippen LogP contribution in [-0.4, -0.2) is 41.1 Å². The van der Waals surface area contributed by atoms with Gasteiger partial charge in [-0.15, -0.1) is 0 Å². The van der Waals surface area contributed by atoms with Crippen LogP contribution in [0.15, 0.2) is 24.3 Å². The monoisotopic (exact) mass is 274 g/mol. The van der Waals surface area contributed by atoms with Crippen molar-refractivity contribution >= 4 is 5.91 Å². The Labute approximate surface area is 119 Å². The summed E-state index contributed by atoms with van der Waals surface area (Å²) in [6, 6.07) is 8.32. The Morgan fingerprint density at radius 3 is 2.85 bits per heavy atom. The third-order valence-electron chi connectivity index (χ3n) is 4.26. The van der Waals surface area contributed by atoms with E-state index >= 15 is 0 Å². The number of rotatable bonds is 5. The maximum atomic E-state index is 12.0. The molecule has 0 radical (unpaired) electrons. The van der Waals surface area contributed by atoms with Crippen molar-refractivity contribution in [3.8, 4) is 5.75 Å². The number of aromatic hydroxyl groups is 1. The zero-order chi connectivity index (χ0) is 13.9. The molecule has 0 unspecified atom stereocenters. The quantitative estimate of drug-likeness (QED) is 0.859. The summed E-state index contributed by atoms with van der Waals surface area (Å²) < 4.78 is 0. The zero-order valence-corrected chi connectivity index (χ0v) is 11.7. The molecule has 2 fully saturated rings. The fraction of sp³-hybridized carbons (Fsp3) is 0.562. The van der Waals surface area contributed by atoms with Gasteiger partial charge >= 0.3 is 0 Å². The SMILES string of the molecule is O=C(CCc1ccccc1O)N[C@@H]1CCN(C2CC2)C1. The number of hydrogen-bond donors (Lipinski definition) is 2. The number of carbonyl (C=O) groups is 1. The highest BCUT2D eigenvalue weighted by Crippen LogP contribution is 2.29. The van der Waals surface area contributed by atoms with Crippen molar-refractivity contribution in [2.45, 2.75) is 44.2 Å². The summed E-state index contributed by atoms with van der Waals surface area (Å²) in [7, 11) is 0. The Hall–Kier alpha value is -1.55. The van der Waals surface area contributed by atoms with Crippen LogP contribution < -0.4 is 5.32 Å². The highest BCUT2D eigenvalue weighted by atomic mass is 16.3. The number of hydrogen-bond acceptors (Lipinski definition) is 3. The van der Waals surface area contributed by atoms with Crippen LogP contribution in [0.1, 0.15) is 31.2 Å². The number of nitrogens with one attached hydrogen (secondary N) is 1. The van der Waals surface area contributed by atoms with Crippen LogP contribution in [0.2, 0.25) is 0 Å². The minimum absolute atomic E-state index is 0.0934. The van der Waals surface area contributed by atoms with Crippen molar-refractivity contribution in [3.05, 3.63) is 29.8 Å². The molecule has 1 amide bonds. The number of amides is 1. The topological polar surface area (TPSA) is 52.6 Å². The highest BCUT2D eigenvalue weighted by Gasteiger charge is 2.34. The van der Waals surface area contributed by atoms with E-state index in [2.05, 4.69) is 10.2 Å². The van der Waals surface area contributed by atoms with Crippen LogP contribution in [-0.2, 0) is 11.2 Å². The molecule has 0 bridgehead atoms. The molecule has 3 rings (SSSR count). The van der Waals surface area contributed by atoms with E-state index < -0.39 is 0 Å². The van der Waals surface area contributed by atoms with Crippen LogP contribution in [0, 0.1) is 0 Å². The summed E-state index contributed by atoms with van der Waals surface area (Å²) in [4.78, 5) is 14.5. The lowest BCUT2D eigenvalue weighted by molar-refractivity contribution is -0.121. The van der Waals surface area contributed by atoms with E-state index in [1.165, 1.54) is 12.8 Å². The second-order valence-corrected chi connectivity index (χ2v) is 5.91. The first kappa shape index (κ1) is 13.4. The van der Waals surface area contributed by atoms with Gasteiger partial charge in [0.1, 0.15) is 5.75 Å². The summed E-state index contributed by atoms with van der Waals surface area (Å²) in [5.74, 6) is 0.372. The summed E-state index contributed by atoms with van der Waals surface area (Å²) >= 11 is 0. The van der Waals surface area contributed by atoms with Crippen molar-refractivity contribution in [1.82, 2.24) is 10.2 Å². The molecule has 1 aliphatic heterocycles. The van der Waals surface area contributed by atoms with E-state index in [-0.39, 0.29) is 11.7 Å². The van der Waals surface area contributed by atoms with E-state index in [1.54, 1.807) is 12.1 Å². The number of likely N-dealkylation sites (tertiary alicyclic amines) is 1. The fourth-order valence-electron chi connectivity index (χ4n) is 2.95. The molecule has 1 heterocycles. The van der Waals surface area contributed by atoms with Crippen molar-refractivity contribution in [3.63, 3.8) is 0 Å². The summed E-state index contributed by atoms with van der Waals surface area (Å²) in [5, 5.41) is 12.8.